The molecule has 2 atom stereocenters. The summed E-state index contributed by atoms with van der Waals surface area (Å²) in [5.41, 5.74) is 0. The Labute approximate surface area is 188 Å². The maximum atomic E-state index is 11.7. The molecule has 0 spiro atoms. The van der Waals surface area contributed by atoms with E-state index in [1.807, 2.05) is 21.1 Å². The molecule has 0 aromatic carbocycles. The second kappa shape index (κ2) is 17.8. The van der Waals surface area contributed by atoms with Gasteiger partial charge < -0.3 is 28.3 Å². The highest BCUT2D eigenvalue weighted by Crippen LogP contribution is 2.38. The average molecular weight is 466 g/mol. The maximum Gasteiger partial charge on any atom is 0.305 e. The van der Waals surface area contributed by atoms with Crippen molar-refractivity contribution in [3.8, 4) is 0 Å². The monoisotopic (exact) mass is 465 g/mol. The first-order valence-corrected chi connectivity index (χ1v) is 12.9. The second-order valence-corrected chi connectivity index (χ2v) is 10.3. The van der Waals surface area contributed by atoms with Crippen molar-refractivity contribution in [2.75, 3.05) is 47.5 Å². The standard InChI is InChI=1S/C22H44NO7P/c1-5-6-7-8-9-10-11-12-13-14-15-16-22(25)28-19-21(24)20-30-31(26,27)29-18-17-23(2,3)4/h8-9,21,24H,5-7,10-20H2,1-4H3/b9-8+/t21-/m1/s1. The van der Waals surface area contributed by atoms with Gasteiger partial charge in [0, 0.05) is 6.42 Å². The number of aliphatic hydroxyl groups excluding tert-OH is 1. The van der Waals surface area contributed by atoms with Crippen molar-refractivity contribution in [2.45, 2.75) is 77.2 Å². The van der Waals surface area contributed by atoms with Crippen molar-refractivity contribution in [3.63, 3.8) is 0 Å². The summed E-state index contributed by atoms with van der Waals surface area (Å²) in [5.74, 6) is -0.401. The molecule has 1 unspecified atom stereocenters. The van der Waals surface area contributed by atoms with Crippen molar-refractivity contribution in [3.05, 3.63) is 12.2 Å². The Morgan fingerprint density at radius 2 is 1.61 bits per heavy atom. The molecule has 8 nitrogen and oxygen atoms in total. The normalized spacial score (nSPS) is 15.2. The Morgan fingerprint density at radius 1 is 1.00 bits per heavy atom. The van der Waals surface area contributed by atoms with Crippen LogP contribution in [0.4, 0.5) is 0 Å². The number of likely N-dealkylation sites (N-methyl/N-ethyl adjacent to an activating group) is 1. The largest absolute Gasteiger partial charge is 0.756 e. The molecule has 0 aromatic heterocycles. The van der Waals surface area contributed by atoms with Crippen LogP contribution in [0.1, 0.15) is 71.1 Å². The highest BCUT2D eigenvalue weighted by atomic mass is 31.2. The number of esters is 1. The van der Waals surface area contributed by atoms with Crippen molar-refractivity contribution in [2.24, 2.45) is 0 Å². The van der Waals surface area contributed by atoms with E-state index in [-0.39, 0.29) is 13.2 Å². The lowest BCUT2D eigenvalue weighted by Gasteiger charge is -2.27. The lowest BCUT2D eigenvalue weighted by molar-refractivity contribution is -0.870. The number of nitrogens with zero attached hydrogens (tertiary/aromatic N) is 1. The van der Waals surface area contributed by atoms with Crippen molar-refractivity contribution in [1.82, 2.24) is 0 Å². The number of quaternary nitrogens is 1. The molecule has 184 valence electrons. The van der Waals surface area contributed by atoms with Crippen LogP contribution in [0.2, 0.25) is 0 Å². The molecular weight excluding hydrogens is 421 g/mol. The van der Waals surface area contributed by atoms with Crippen LogP contribution in [0, 0.1) is 0 Å². The third-order valence-electron chi connectivity index (χ3n) is 4.52. The zero-order valence-electron chi connectivity index (χ0n) is 19.9. The maximum absolute atomic E-state index is 11.7. The molecule has 0 fully saturated rings. The Morgan fingerprint density at radius 3 is 2.26 bits per heavy atom. The van der Waals surface area contributed by atoms with E-state index in [4.69, 9.17) is 9.26 Å². The Hall–Kier alpha value is -0.760. The summed E-state index contributed by atoms with van der Waals surface area (Å²) in [6, 6.07) is 0. The Balaban J connectivity index is 3.68. The van der Waals surface area contributed by atoms with E-state index >= 15 is 0 Å². The number of carbonyl (C=O) groups excluding carboxylic acids is 1. The fourth-order valence-corrected chi connectivity index (χ4v) is 3.30. The topological polar surface area (TPSA) is 105 Å². The summed E-state index contributed by atoms with van der Waals surface area (Å²) in [6.45, 7) is 1.86. The number of unbranched alkanes of at least 4 members (excludes halogenated alkanes) is 7. The predicted octanol–water partition coefficient (Wildman–Crippen LogP) is 3.58. The minimum absolute atomic E-state index is 0.00891. The fourth-order valence-electron chi connectivity index (χ4n) is 2.57. The first-order chi connectivity index (χ1) is 14.6. The van der Waals surface area contributed by atoms with Gasteiger partial charge >= 0.3 is 5.97 Å². The van der Waals surface area contributed by atoms with E-state index in [0.717, 1.165) is 32.1 Å². The quantitative estimate of drug-likeness (QED) is 0.0963. The highest BCUT2D eigenvalue weighted by molar-refractivity contribution is 7.45. The highest BCUT2D eigenvalue weighted by Gasteiger charge is 2.16. The fraction of sp³-hybridized carbons (Fsp3) is 0.864. The Bertz CT molecular complexity index is 534. The SMILES string of the molecule is CCCC/C=C/CCCCCCCC(=O)OC[C@@H](O)COP(=O)([O-])OCC[N+](C)(C)C. The lowest BCUT2D eigenvalue weighted by atomic mass is 10.1. The van der Waals surface area contributed by atoms with Gasteiger partial charge in [-0.1, -0.05) is 51.2 Å². The van der Waals surface area contributed by atoms with Gasteiger partial charge in [0.2, 0.25) is 0 Å². The molecule has 0 aromatic rings. The number of aliphatic hydroxyl groups is 1. The molecule has 0 aliphatic rings. The van der Waals surface area contributed by atoms with Crippen LogP contribution in [0.25, 0.3) is 0 Å². The first-order valence-electron chi connectivity index (χ1n) is 11.4. The zero-order chi connectivity index (χ0) is 23.6. The number of allylic oxidation sites excluding steroid dienone is 2. The van der Waals surface area contributed by atoms with E-state index < -0.39 is 26.5 Å². The van der Waals surface area contributed by atoms with Gasteiger partial charge in [-0.15, -0.1) is 0 Å². The van der Waals surface area contributed by atoms with Crippen molar-refractivity contribution < 1.29 is 37.6 Å². The molecule has 0 amide bonds. The van der Waals surface area contributed by atoms with E-state index in [1.54, 1.807) is 0 Å². The van der Waals surface area contributed by atoms with Gasteiger partial charge in [-0.2, -0.15) is 0 Å². The molecule has 1 N–H and O–H groups in total. The van der Waals surface area contributed by atoms with Gasteiger partial charge in [-0.25, -0.2) is 0 Å². The second-order valence-electron chi connectivity index (χ2n) is 8.85. The van der Waals surface area contributed by atoms with Crippen molar-refractivity contribution >= 4 is 13.8 Å². The molecule has 0 aliphatic carbocycles. The summed E-state index contributed by atoms with van der Waals surface area (Å²) in [5, 5.41) is 9.75. The lowest BCUT2D eigenvalue weighted by Crippen LogP contribution is -2.37. The average Bonchev–Trinajstić information content (AvgIpc) is 2.67. The van der Waals surface area contributed by atoms with Gasteiger partial charge in [0.25, 0.3) is 7.82 Å². The number of hydrogen-bond donors (Lipinski definition) is 1. The number of ether oxygens (including phenoxy) is 1. The summed E-state index contributed by atoms with van der Waals surface area (Å²) in [6.07, 6.45) is 13.4. The summed E-state index contributed by atoms with van der Waals surface area (Å²) >= 11 is 0. The molecule has 0 heterocycles. The van der Waals surface area contributed by atoms with Gasteiger partial charge in [0.1, 0.15) is 25.9 Å². The number of phosphoric acid groups is 1. The number of rotatable bonds is 20. The molecule has 0 saturated carbocycles. The smallest absolute Gasteiger partial charge is 0.305 e. The third-order valence-corrected chi connectivity index (χ3v) is 5.48. The van der Waals surface area contributed by atoms with Crippen LogP contribution in [-0.2, 0) is 23.1 Å². The summed E-state index contributed by atoms with van der Waals surface area (Å²) in [4.78, 5) is 23.4. The molecule has 9 heteroatoms. The van der Waals surface area contributed by atoms with Crippen LogP contribution in [0.3, 0.4) is 0 Å². The van der Waals surface area contributed by atoms with Gasteiger partial charge in [0.05, 0.1) is 27.7 Å². The number of carbonyl (C=O) groups is 1. The van der Waals surface area contributed by atoms with E-state index in [0.29, 0.717) is 17.4 Å². The minimum Gasteiger partial charge on any atom is -0.756 e. The molecule has 31 heavy (non-hydrogen) atoms. The summed E-state index contributed by atoms with van der Waals surface area (Å²) in [7, 11) is 1.24. The van der Waals surface area contributed by atoms with E-state index in [2.05, 4.69) is 23.6 Å². The first kappa shape index (κ1) is 30.2. The molecule has 0 bridgehead atoms. The molecule has 0 rings (SSSR count). The molecular formula is C22H44NO7P. The Kier molecular flexibility index (Phi) is 17.3. The van der Waals surface area contributed by atoms with Crippen LogP contribution < -0.4 is 4.89 Å². The summed E-state index contributed by atoms with van der Waals surface area (Å²) < 4.78 is 26.5. The van der Waals surface area contributed by atoms with Gasteiger partial charge in [0.15, 0.2) is 0 Å². The van der Waals surface area contributed by atoms with Crippen molar-refractivity contribution in [1.29, 1.82) is 0 Å². The van der Waals surface area contributed by atoms with E-state index in [1.165, 1.54) is 25.7 Å². The molecule has 0 saturated heterocycles. The number of hydrogen-bond acceptors (Lipinski definition) is 7. The van der Waals surface area contributed by atoms with Crippen LogP contribution in [-0.4, -0.2) is 69.2 Å². The number of phosphoric ester groups is 1. The molecule has 0 radical (unpaired) electrons. The van der Waals surface area contributed by atoms with E-state index in [9.17, 15) is 19.4 Å². The third kappa shape index (κ3) is 22.2. The zero-order valence-corrected chi connectivity index (χ0v) is 20.8. The van der Waals surface area contributed by atoms with Crippen LogP contribution in [0.5, 0.6) is 0 Å². The van der Waals surface area contributed by atoms with Gasteiger partial charge in [-0.3, -0.25) is 9.36 Å². The van der Waals surface area contributed by atoms with Crippen LogP contribution >= 0.6 is 7.82 Å². The molecule has 0 aliphatic heterocycles. The van der Waals surface area contributed by atoms with Gasteiger partial charge in [-0.05, 0) is 25.7 Å². The minimum atomic E-state index is -4.49. The predicted molar refractivity (Wildman–Crippen MR) is 120 cm³/mol. The van der Waals surface area contributed by atoms with Crippen LogP contribution in [0.15, 0.2) is 12.2 Å².